The molecule has 0 bridgehead atoms. The van der Waals surface area contributed by atoms with E-state index in [1.165, 1.54) is 4.31 Å². The fourth-order valence-electron chi connectivity index (χ4n) is 2.70. The van der Waals surface area contributed by atoms with E-state index in [2.05, 4.69) is 10.6 Å². The summed E-state index contributed by atoms with van der Waals surface area (Å²) in [6.07, 6.45) is 2.07. The Balaban J connectivity index is 1.80. The van der Waals surface area contributed by atoms with Crippen molar-refractivity contribution in [3.63, 3.8) is 0 Å². The molecular formula is C16H22ClN3O4S. The highest BCUT2D eigenvalue weighted by atomic mass is 35.5. The van der Waals surface area contributed by atoms with Gasteiger partial charge >= 0.3 is 0 Å². The van der Waals surface area contributed by atoms with Crippen LogP contribution in [0.4, 0.5) is 5.69 Å². The number of rotatable bonds is 5. The van der Waals surface area contributed by atoms with Gasteiger partial charge in [-0.1, -0.05) is 17.7 Å². The first kappa shape index (κ1) is 19.7. The molecule has 2 N–H and O–H groups in total. The molecular weight excluding hydrogens is 366 g/mol. The van der Waals surface area contributed by atoms with Crippen LogP contribution in [-0.4, -0.2) is 50.4 Å². The normalized spacial score (nSPS) is 16.4. The minimum Gasteiger partial charge on any atom is -0.347 e. The van der Waals surface area contributed by atoms with E-state index >= 15 is 0 Å². The van der Waals surface area contributed by atoms with Crippen LogP contribution in [0.3, 0.4) is 0 Å². The fourth-order valence-corrected chi connectivity index (χ4v) is 3.75. The maximum Gasteiger partial charge on any atom is 0.243 e. The molecule has 0 atom stereocenters. The van der Waals surface area contributed by atoms with Crippen LogP contribution < -0.4 is 10.6 Å². The summed E-state index contributed by atoms with van der Waals surface area (Å²) in [5.41, 5.74) is 1.37. The van der Waals surface area contributed by atoms with Gasteiger partial charge in [0.1, 0.15) is 0 Å². The van der Waals surface area contributed by atoms with Crippen LogP contribution in [0.2, 0.25) is 5.02 Å². The van der Waals surface area contributed by atoms with Gasteiger partial charge in [0.2, 0.25) is 21.8 Å². The summed E-state index contributed by atoms with van der Waals surface area (Å²) in [6.45, 7) is 2.30. The quantitative estimate of drug-likeness (QED) is 0.797. The maximum absolute atomic E-state index is 12.2. The van der Waals surface area contributed by atoms with Gasteiger partial charge in [-0.25, -0.2) is 12.7 Å². The summed E-state index contributed by atoms with van der Waals surface area (Å²) in [6, 6.07) is 5.21. The smallest absolute Gasteiger partial charge is 0.243 e. The van der Waals surface area contributed by atoms with Crippen LogP contribution in [0.1, 0.15) is 18.4 Å². The van der Waals surface area contributed by atoms with Crippen molar-refractivity contribution in [2.45, 2.75) is 19.8 Å². The van der Waals surface area contributed by atoms with Crippen molar-refractivity contribution in [2.24, 2.45) is 5.92 Å². The number of carbonyl (C=O) groups excluding carboxylic acids is 2. The second kappa shape index (κ2) is 8.16. The zero-order valence-corrected chi connectivity index (χ0v) is 15.8. The van der Waals surface area contributed by atoms with E-state index in [1.54, 1.807) is 25.1 Å². The van der Waals surface area contributed by atoms with Crippen molar-refractivity contribution in [3.05, 3.63) is 28.8 Å². The van der Waals surface area contributed by atoms with E-state index in [9.17, 15) is 18.0 Å². The van der Waals surface area contributed by atoms with Crippen LogP contribution in [0.25, 0.3) is 0 Å². The molecule has 2 rings (SSSR count). The van der Waals surface area contributed by atoms with E-state index in [1.807, 2.05) is 0 Å². The second-order valence-electron chi connectivity index (χ2n) is 6.11. The molecule has 9 heteroatoms. The van der Waals surface area contributed by atoms with Crippen molar-refractivity contribution >= 4 is 39.1 Å². The Labute approximate surface area is 152 Å². The van der Waals surface area contributed by atoms with Crippen LogP contribution in [0.5, 0.6) is 0 Å². The lowest BCUT2D eigenvalue weighted by molar-refractivity contribution is -0.128. The molecule has 0 unspecified atom stereocenters. The van der Waals surface area contributed by atoms with Gasteiger partial charge in [0.15, 0.2) is 0 Å². The number of nitrogens with one attached hydrogen (secondary N) is 2. The third-order valence-electron chi connectivity index (χ3n) is 4.26. The third-order valence-corrected chi connectivity index (χ3v) is 5.97. The number of hydrogen-bond donors (Lipinski definition) is 2. The summed E-state index contributed by atoms with van der Waals surface area (Å²) in [7, 11) is -3.22. The topological polar surface area (TPSA) is 95.6 Å². The Morgan fingerprint density at radius 2 is 1.92 bits per heavy atom. The van der Waals surface area contributed by atoms with Crippen molar-refractivity contribution in [2.75, 3.05) is 31.2 Å². The lowest BCUT2D eigenvalue weighted by atomic mass is 9.97. The van der Waals surface area contributed by atoms with E-state index < -0.39 is 10.0 Å². The van der Waals surface area contributed by atoms with Crippen LogP contribution in [0.15, 0.2) is 18.2 Å². The average Bonchev–Trinajstić information content (AvgIpc) is 2.56. The first-order chi connectivity index (χ1) is 11.7. The second-order valence-corrected chi connectivity index (χ2v) is 8.50. The predicted octanol–water partition coefficient (Wildman–Crippen LogP) is 1.37. The number of carbonyl (C=O) groups is 2. The number of sulfonamides is 1. The molecule has 0 saturated carbocycles. The molecule has 1 aliphatic rings. The Kier molecular flexibility index (Phi) is 6.42. The van der Waals surface area contributed by atoms with Crippen molar-refractivity contribution < 1.29 is 18.0 Å². The molecule has 0 radical (unpaired) electrons. The largest absolute Gasteiger partial charge is 0.347 e. The molecule has 138 valence electrons. The Morgan fingerprint density at radius 3 is 2.52 bits per heavy atom. The third kappa shape index (κ3) is 5.42. The Hall–Kier alpha value is -1.64. The van der Waals surface area contributed by atoms with Gasteiger partial charge in [0, 0.05) is 29.7 Å². The van der Waals surface area contributed by atoms with Crippen molar-refractivity contribution in [3.8, 4) is 0 Å². The van der Waals surface area contributed by atoms with Gasteiger partial charge in [0.05, 0.1) is 12.8 Å². The van der Waals surface area contributed by atoms with E-state index in [4.69, 9.17) is 11.6 Å². The van der Waals surface area contributed by atoms with Gasteiger partial charge in [-0.3, -0.25) is 9.59 Å². The predicted molar refractivity (Wildman–Crippen MR) is 97.0 cm³/mol. The molecule has 1 aromatic rings. The monoisotopic (exact) mass is 387 g/mol. The molecule has 0 spiro atoms. The Bertz CT molecular complexity index is 759. The van der Waals surface area contributed by atoms with Crippen molar-refractivity contribution in [1.82, 2.24) is 9.62 Å². The van der Waals surface area contributed by atoms with Crippen LogP contribution >= 0.6 is 11.6 Å². The molecule has 25 heavy (non-hydrogen) atoms. The van der Waals surface area contributed by atoms with Crippen LogP contribution in [0, 0.1) is 12.8 Å². The van der Waals surface area contributed by atoms with Crippen LogP contribution in [-0.2, 0) is 19.6 Å². The minimum atomic E-state index is -3.22. The lowest BCUT2D eigenvalue weighted by Gasteiger charge is -2.29. The van der Waals surface area contributed by atoms with Gasteiger partial charge in [-0.15, -0.1) is 0 Å². The molecule has 1 aromatic carbocycles. The highest BCUT2D eigenvalue weighted by Gasteiger charge is 2.28. The molecule has 1 heterocycles. The Morgan fingerprint density at radius 1 is 1.28 bits per heavy atom. The SMILES string of the molecule is Cc1c(Cl)cccc1NC(=O)CNC(=O)C1CCN(S(C)(=O)=O)CC1. The summed E-state index contributed by atoms with van der Waals surface area (Å²) in [5.74, 6) is -0.850. The molecule has 0 aromatic heterocycles. The number of benzene rings is 1. The molecule has 2 amide bonds. The molecule has 1 aliphatic heterocycles. The summed E-state index contributed by atoms with van der Waals surface area (Å²) >= 11 is 6.00. The summed E-state index contributed by atoms with van der Waals surface area (Å²) < 4.78 is 24.3. The highest BCUT2D eigenvalue weighted by molar-refractivity contribution is 7.88. The first-order valence-corrected chi connectivity index (χ1v) is 10.2. The number of piperidine rings is 1. The van der Waals surface area contributed by atoms with Gasteiger partial charge < -0.3 is 10.6 Å². The summed E-state index contributed by atoms with van der Waals surface area (Å²) in [5, 5.41) is 5.87. The zero-order valence-electron chi connectivity index (χ0n) is 14.2. The number of nitrogens with zero attached hydrogens (tertiary/aromatic N) is 1. The molecule has 1 fully saturated rings. The fraction of sp³-hybridized carbons (Fsp3) is 0.500. The molecule has 1 saturated heterocycles. The lowest BCUT2D eigenvalue weighted by Crippen LogP contribution is -2.44. The number of amides is 2. The number of halogens is 1. The van der Waals surface area contributed by atoms with E-state index in [0.29, 0.717) is 36.6 Å². The molecule has 0 aliphatic carbocycles. The van der Waals surface area contributed by atoms with Gasteiger partial charge in [-0.2, -0.15) is 0 Å². The first-order valence-electron chi connectivity index (χ1n) is 7.96. The highest BCUT2D eigenvalue weighted by Crippen LogP contribution is 2.23. The summed E-state index contributed by atoms with van der Waals surface area (Å²) in [4.78, 5) is 24.1. The zero-order chi connectivity index (χ0) is 18.6. The van der Waals surface area contributed by atoms with Gasteiger partial charge in [0.25, 0.3) is 0 Å². The number of anilines is 1. The molecule has 7 nitrogen and oxygen atoms in total. The minimum absolute atomic E-state index is 0.142. The van der Waals surface area contributed by atoms with Gasteiger partial charge in [-0.05, 0) is 37.5 Å². The average molecular weight is 388 g/mol. The van der Waals surface area contributed by atoms with E-state index in [-0.39, 0.29) is 24.3 Å². The van der Waals surface area contributed by atoms with Crippen molar-refractivity contribution in [1.29, 1.82) is 0 Å². The standard InChI is InChI=1S/C16H22ClN3O4S/c1-11-13(17)4-3-5-14(11)19-15(21)10-18-16(22)12-6-8-20(9-7-12)25(2,23)24/h3-5,12H,6-10H2,1-2H3,(H,18,22)(H,19,21). The maximum atomic E-state index is 12.2. The van der Waals surface area contributed by atoms with E-state index in [0.717, 1.165) is 11.8 Å². The number of hydrogen-bond acceptors (Lipinski definition) is 4.